The van der Waals surface area contributed by atoms with E-state index in [1.54, 1.807) is 11.6 Å². The Balaban J connectivity index is 1.98. The third kappa shape index (κ3) is 2.26. The number of rotatable bonds is 2. The van der Waals surface area contributed by atoms with E-state index in [9.17, 15) is 0 Å². The van der Waals surface area contributed by atoms with Gasteiger partial charge >= 0.3 is 0 Å². The average molecular weight is 282 g/mol. The molecule has 0 bridgehead atoms. The number of fused-ring (bicyclic) bond motifs is 1. The first-order chi connectivity index (χ1) is 9.19. The topological polar surface area (TPSA) is 55.5 Å². The molecule has 3 rings (SSSR count). The molecule has 0 radical (unpaired) electrons. The molecule has 7 heteroatoms. The number of ether oxygens (including phenoxy) is 1. The highest BCUT2D eigenvalue weighted by molar-refractivity contribution is 6.29. The second-order valence-corrected chi connectivity index (χ2v) is 5.22. The van der Waals surface area contributed by atoms with E-state index in [2.05, 4.69) is 26.9 Å². The molecule has 0 spiro atoms. The molecule has 6 nitrogen and oxygen atoms in total. The maximum atomic E-state index is 6.06. The molecule has 2 unspecified atom stereocenters. The summed E-state index contributed by atoms with van der Waals surface area (Å²) in [6.45, 7) is 3.09. The molecule has 0 N–H and O–H groups in total. The van der Waals surface area contributed by atoms with Gasteiger partial charge in [-0.2, -0.15) is 19.6 Å². The normalized spacial score (nSPS) is 24.1. The van der Waals surface area contributed by atoms with Crippen LogP contribution in [-0.2, 0) is 4.74 Å². The fourth-order valence-corrected chi connectivity index (χ4v) is 2.83. The maximum absolute atomic E-state index is 6.06. The Hall–Kier alpha value is -1.40. The summed E-state index contributed by atoms with van der Waals surface area (Å²) in [6, 6.07) is 2.21. The minimum atomic E-state index is 0.329. The molecule has 0 aromatic carbocycles. The van der Waals surface area contributed by atoms with Gasteiger partial charge in [0.1, 0.15) is 17.3 Å². The third-order valence-corrected chi connectivity index (χ3v) is 3.85. The number of methoxy groups -OCH3 is 1. The molecule has 0 amide bonds. The number of hydrogen-bond acceptors (Lipinski definition) is 5. The van der Waals surface area contributed by atoms with Crippen molar-refractivity contribution in [2.75, 3.05) is 18.6 Å². The third-order valence-electron chi connectivity index (χ3n) is 3.66. The molecule has 1 aliphatic heterocycles. The van der Waals surface area contributed by atoms with Crippen molar-refractivity contribution in [1.29, 1.82) is 0 Å². The standard InChI is InChI=1S/C12H16ClN5O/c1-8-5-9(19-2)3-4-17(8)11-6-10(13)16-12-14-7-15-18(11)12/h6-9H,3-5H2,1-2H3. The summed E-state index contributed by atoms with van der Waals surface area (Å²) in [5.74, 6) is 1.47. The Kier molecular flexibility index (Phi) is 3.28. The van der Waals surface area contributed by atoms with Crippen molar-refractivity contribution in [2.45, 2.75) is 31.9 Å². The van der Waals surface area contributed by atoms with Crippen LogP contribution in [-0.4, -0.2) is 45.4 Å². The first-order valence-electron chi connectivity index (χ1n) is 6.34. The molecule has 0 aliphatic carbocycles. The summed E-state index contributed by atoms with van der Waals surface area (Å²) in [5, 5.41) is 4.66. The number of piperidine rings is 1. The fraction of sp³-hybridized carbons (Fsp3) is 0.583. The van der Waals surface area contributed by atoms with Gasteiger partial charge in [0.25, 0.3) is 5.78 Å². The lowest BCUT2D eigenvalue weighted by Gasteiger charge is -2.38. The second-order valence-electron chi connectivity index (χ2n) is 4.83. The van der Waals surface area contributed by atoms with Gasteiger partial charge in [0.05, 0.1) is 6.10 Å². The van der Waals surface area contributed by atoms with Crippen LogP contribution in [0.15, 0.2) is 12.4 Å². The predicted octanol–water partition coefficient (Wildman–Crippen LogP) is 1.78. The Morgan fingerprint density at radius 1 is 1.47 bits per heavy atom. The number of hydrogen-bond donors (Lipinski definition) is 0. The van der Waals surface area contributed by atoms with Crippen LogP contribution in [0.4, 0.5) is 5.82 Å². The van der Waals surface area contributed by atoms with Crippen LogP contribution in [0.1, 0.15) is 19.8 Å². The van der Waals surface area contributed by atoms with Crippen molar-refractivity contribution in [2.24, 2.45) is 0 Å². The van der Waals surface area contributed by atoms with Crippen LogP contribution in [0.2, 0.25) is 5.15 Å². The average Bonchev–Trinajstić information content (AvgIpc) is 2.85. The molecule has 3 heterocycles. The highest BCUT2D eigenvalue weighted by atomic mass is 35.5. The minimum absolute atomic E-state index is 0.329. The number of nitrogens with zero attached hydrogens (tertiary/aromatic N) is 5. The summed E-state index contributed by atoms with van der Waals surface area (Å²) in [7, 11) is 1.77. The summed E-state index contributed by atoms with van der Waals surface area (Å²) in [6.07, 6.45) is 3.81. The van der Waals surface area contributed by atoms with Crippen LogP contribution in [0, 0.1) is 0 Å². The molecular formula is C12H16ClN5O. The van der Waals surface area contributed by atoms with Gasteiger partial charge in [0, 0.05) is 25.8 Å². The van der Waals surface area contributed by atoms with Crippen LogP contribution < -0.4 is 4.90 Å². The molecule has 2 atom stereocenters. The highest BCUT2D eigenvalue weighted by Gasteiger charge is 2.27. The second kappa shape index (κ2) is 4.94. The van der Waals surface area contributed by atoms with Crippen LogP contribution in [0.3, 0.4) is 0 Å². The van der Waals surface area contributed by atoms with Crippen molar-refractivity contribution in [1.82, 2.24) is 19.6 Å². The van der Waals surface area contributed by atoms with Crippen LogP contribution in [0.25, 0.3) is 5.78 Å². The van der Waals surface area contributed by atoms with E-state index in [1.807, 2.05) is 6.07 Å². The quantitative estimate of drug-likeness (QED) is 0.786. The molecule has 102 valence electrons. The largest absolute Gasteiger partial charge is 0.381 e. The zero-order valence-corrected chi connectivity index (χ0v) is 11.7. The minimum Gasteiger partial charge on any atom is -0.381 e. The van der Waals surface area contributed by atoms with Crippen molar-refractivity contribution < 1.29 is 4.74 Å². The fourth-order valence-electron chi connectivity index (χ4n) is 2.66. The zero-order valence-electron chi connectivity index (χ0n) is 11.0. The van der Waals surface area contributed by atoms with Gasteiger partial charge in [0.2, 0.25) is 0 Å². The summed E-state index contributed by atoms with van der Waals surface area (Å²) < 4.78 is 7.17. The molecule has 1 saturated heterocycles. The lowest BCUT2D eigenvalue weighted by Crippen LogP contribution is -2.44. The van der Waals surface area contributed by atoms with Crippen molar-refractivity contribution in [3.05, 3.63) is 17.5 Å². The Morgan fingerprint density at radius 3 is 3.05 bits per heavy atom. The maximum Gasteiger partial charge on any atom is 0.255 e. The van der Waals surface area contributed by atoms with E-state index < -0.39 is 0 Å². The van der Waals surface area contributed by atoms with Crippen molar-refractivity contribution >= 4 is 23.2 Å². The lowest BCUT2D eigenvalue weighted by molar-refractivity contribution is 0.0718. The van der Waals surface area contributed by atoms with Crippen molar-refractivity contribution in [3.8, 4) is 0 Å². The van der Waals surface area contributed by atoms with Gasteiger partial charge in [-0.25, -0.2) is 0 Å². The number of halogens is 1. The van der Waals surface area contributed by atoms with Gasteiger partial charge in [-0.3, -0.25) is 0 Å². The molecular weight excluding hydrogens is 266 g/mol. The molecule has 2 aromatic heterocycles. The molecule has 1 fully saturated rings. The van der Waals surface area contributed by atoms with E-state index >= 15 is 0 Å². The zero-order chi connectivity index (χ0) is 13.4. The van der Waals surface area contributed by atoms with Gasteiger partial charge < -0.3 is 9.64 Å². The first kappa shape index (κ1) is 12.6. The van der Waals surface area contributed by atoms with E-state index in [0.717, 1.165) is 25.2 Å². The monoisotopic (exact) mass is 281 g/mol. The van der Waals surface area contributed by atoms with E-state index in [1.165, 1.54) is 6.33 Å². The first-order valence-corrected chi connectivity index (χ1v) is 6.72. The summed E-state index contributed by atoms with van der Waals surface area (Å²) >= 11 is 6.06. The Bertz CT molecular complexity index is 587. The molecule has 1 aliphatic rings. The van der Waals surface area contributed by atoms with Gasteiger partial charge in [0.15, 0.2) is 0 Å². The smallest absolute Gasteiger partial charge is 0.255 e. The van der Waals surface area contributed by atoms with E-state index in [-0.39, 0.29) is 0 Å². The molecule has 2 aromatic rings. The SMILES string of the molecule is COC1CCN(c2cc(Cl)nc3ncnn23)C(C)C1. The summed E-state index contributed by atoms with van der Waals surface area (Å²) in [4.78, 5) is 10.5. The number of anilines is 1. The lowest BCUT2D eigenvalue weighted by atomic mass is 10.0. The molecule has 0 saturated carbocycles. The van der Waals surface area contributed by atoms with Crippen LogP contribution in [0.5, 0.6) is 0 Å². The predicted molar refractivity (Wildman–Crippen MR) is 72.6 cm³/mol. The van der Waals surface area contributed by atoms with Crippen LogP contribution >= 0.6 is 11.6 Å². The van der Waals surface area contributed by atoms with Gasteiger partial charge in [-0.1, -0.05) is 11.6 Å². The summed E-state index contributed by atoms with van der Waals surface area (Å²) in [5.41, 5.74) is 0. The van der Waals surface area contributed by atoms with Gasteiger partial charge in [-0.05, 0) is 19.8 Å². The highest BCUT2D eigenvalue weighted by Crippen LogP contribution is 2.27. The van der Waals surface area contributed by atoms with E-state index in [0.29, 0.717) is 23.1 Å². The Labute approximate surface area is 116 Å². The number of aromatic nitrogens is 4. The van der Waals surface area contributed by atoms with Crippen molar-refractivity contribution in [3.63, 3.8) is 0 Å². The molecule has 19 heavy (non-hydrogen) atoms. The van der Waals surface area contributed by atoms with E-state index in [4.69, 9.17) is 16.3 Å². The van der Waals surface area contributed by atoms with Gasteiger partial charge in [-0.15, -0.1) is 0 Å². The Morgan fingerprint density at radius 2 is 2.32 bits per heavy atom.